The summed E-state index contributed by atoms with van der Waals surface area (Å²) in [4.78, 5) is 10.7. The van der Waals surface area contributed by atoms with Crippen LogP contribution in [0.3, 0.4) is 0 Å². The Morgan fingerprint density at radius 1 is 1.47 bits per heavy atom. The van der Waals surface area contributed by atoms with E-state index in [1.54, 1.807) is 14.0 Å². The van der Waals surface area contributed by atoms with Crippen LogP contribution in [0.1, 0.15) is 12.5 Å². The maximum absolute atomic E-state index is 10.7. The SMILES string of the molecule is COc1cccc(CCNCC(C)=O)c1. The van der Waals surface area contributed by atoms with Gasteiger partial charge in [0, 0.05) is 0 Å². The lowest BCUT2D eigenvalue weighted by Gasteiger charge is -2.05. The molecule has 0 saturated carbocycles. The van der Waals surface area contributed by atoms with Crippen LogP contribution in [-0.2, 0) is 11.2 Å². The number of Topliss-reactive ketones (excluding diaryl/α,β-unsaturated/α-hetero) is 1. The van der Waals surface area contributed by atoms with Gasteiger partial charge in [0.25, 0.3) is 0 Å². The van der Waals surface area contributed by atoms with Gasteiger partial charge < -0.3 is 10.1 Å². The molecule has 0 aliphatic carbocycles. The summed E-state index contributed by atoms with van der Waals surface area (Å²) >= 11 is 0. The minimum Gasteiger partial charge on any atom is -0.497 e. The van der Waals surface area contributed by atoms with E-state index in [1.165, 1.54) is 5.56 Å². The second-order valence-electron chi connectivity index (χ2n) is 3.48. The van der Waals surface area contributed by atoms with Gasteiger partial charge in [0.05, 0.1) is 13.7 Å². The number of carbonyl (C=O) groups excluding carboxylic acids is 1. The summed E-state index contributed by atoms with van der Waals surface area (Å²) in [6.07, 6.45) is 0.907. The lowest BCUT2D eigenvalue weighted by molar-refractivity contribution is -0.116. The van der Waals surface area contributed by atoms with Crippen molar-refractivity contribution in [3.05, 3.63) is 29.8 Å². The fraction of sp³-hybridized carbons (Fsp3) is 0.417. The van der Waals surface area contributed by atoms with E-state index in [2.05, 4.69) is 11.4 Å². The van der Waals surface area contributed by atoms with Crippen molar-refractivity contribution in [3.63, 3.8) is 0 Å². The van der Waals surface area contributed by atoms with Crippen LogP contribution in [0.2, 0.25) is 0 Å². The van der Waals surface area contributed by atoms with Gasteiger partial charge in [-0.1, -0.05) is 12.1 Å². The Kier molecular flexibility index (Phi) is 4.84. The van der Waals surface area contributed by atoms with Gasteiger partial charge in [0.15, 0.2) is 0 Å². The van der Waals surface area contributed by atoms with E-state index in [9.17, 15) is 4.79 Å². The minimum absolute atomic E-state index is 0.167. The largest absolute Gasteiger partial charge is 0.497 e. The third kappa shape index (κ3) is 4.61. The zero-order valence-corrected chi connectivity index (χ0v) is 9.25. The number of rotatable bonds is 6. The van der Waals surface area contributed by atoms with Gasteiger partial charge in [-0.05, 0) is 37.6 Å². The van der Waals surface area contributed by atoms with E-state index in [0.717, 1.165) is 18.7 Å². The van der Waals surface area contributed by atoms with Crippen molar-refractivity contribution >= 4 is 5.78 Å². The molecule has 0 fully saturated rings. The second-order valence-corrected chi connectivity index (χ2v) is 3.48. The zero-order chi connectivity index (χ0) is 11.1. The van der Waals surface area contributed by atoms with E-state index in [-0.39, 0.29) is 5.78 Å². The summed E-state index contributed by atoms with van der Waals surface area (Å²) in [7, 11) is 1.66. The number of methoxy groups -OCH3 is 1. The Balaban J connectivity index is 2.33. The third-order valence-corrected chi connectivity index (χ3v) is 2.10. The number of hydrogen-bond acceptors (Lipinski definition) is 3. The highest BCUT2D eigenvalue weighted by Gasteiger charge is 1.96. The lowest BCUT2D eigenvalue weighted by Crippen LogP contribution is -2.23. The molecule has 0 radical (unpaired) electrons. The molecule has 1 aromatic rings. The summed E-state index contributed by atoms with van der Waals surface area (Å²) in [5.74, 6) is 1.04. The van der Waals surface area contributed by atoms with Crippen LogP contribution in [0.4, 0.5) is 0 Å². The van der Waals surface area contributed by atoms with Gasteiger partial charge in [0.1, 0.15) is 11.5 Å². The first kappa shape index (κ1) is 11.7. The summed E-state index contributed by atoms with van der Waals surface area (Å²) in [6.45, 7) is 2.84. The molecule has 0 aliphatic rings. The van der Waals surface area contributed by atoms with Crippen LogP contribution < -0.4 is 10.1 Å². The van der Waals surface area contributed by atoms with E-state index >= 15 is 0 Å². The molecule has 3 nitrogen and oxygen atoms in total. The van der Waals surface area contributed by atoms with Gasteiger partial charge >= 0.3 is 0 Å². The van der Waals surface area contributed by atoms with Gasteiger partial charge in [-0.2, -0.15) is 0 Å². The highest BCUT2D eigenvalue weighted by Crippen LogP contribution is 2.12. The minimum atomic E-state index is 0.167. The molecule has 0 aromatic heterocycles. The fourth-order valence-corrected chi connectivity index (χ4v) is 1.33. The molecule has 1 N–H and O–H groups in total. The van der Waals surface area contributed by atoms with Crippen LogP contribution in [0.15, 0.2) is 24.3 Å². The van der Waals surface area contributed by atoms with Crippen molar-refractivity contribution in [1.82, 2.24) is 5.32 Å². The van der Waals surface area contributed by atoms with Crippen molar-refractivity contribution in [2.45, 2.75) is 13.3 Å². The highest BCUT2D eigenvalue weighted by molar-refractivity contribution is 5.77. The van der Waals surface area contributed by atoms with Gasteiger partial charge in [-0.25, -0.2) is 0 Å². The number of carbonyl (C=O) groups is 1. The van der Waals surface area contributed by atoms with E-state index < -0.39 is 0 Å². The molecule has 0 atom stereocenters. The smallest absolute Gasteiger partial charge is 0.143 e. The molecular formula is C12H17NO2. The molecule has 1 rings (SSSR count). The molecule has 0 spiro atoms. The Morgan fingerprint density at radius 3 is 2.93 bits per heavy atom. The molecule has 1 aromatic carbocycles. The van der Waals surface area contributed by atoms with Crippen LogP contribution >= 0.6 is 0 Å². The number of nitrogens with one attached hydrogen (secondary N) is 1. The van der Waals surface area contributed by atoms with Gasteiger partial charge in [-0.15, -0.1) is 0 Å². The van der Waals surface area contributed by atoms with E-state index in [0.29, 0.717) is 6.54 Å². The standard InChI is InChI=1S/C12H17NO2/c1-10(14)9-13-7-6-11-4-3-5-12(8-11)15-2/h3-5,8,13H,6-7,9H2,1-2H3. The lowest BCUT2D eigenvalue weighted by atomic mass is 10.1. The van der Waals surface area contributed by atoms with Crippen LogP contribution in [-0.4, -0.2) is 26.0 Å². The number of ketones is 1. The summed E-state index contributed by atoms with van der Waals surface area (Å²) in [5.41, 5.74) is 1.21. The van der Waals surface area contributed by atoms with Crippen molar-refractivity contribution in [1.29, 1.82) is 0 Å². The van der Waals surface area contributed by atoms with Crippen molar-refractivity contribution in [3.8, 4) is 5.75 Å². The van der Waals surface area contributed by atoms with E-state index in [4.69, 9.17) is 4.74 Å². The van der Waals surface area contributed by atoms with Crippen LogP contribution in [0.5, 0.6) is 5.75 Å². The Morgan fingerprint density at radius 2 is 2.27 bits per heavy atom. The third-order valence-electron chi connectivity index (χ3n) is 2.10. The predicted molar refractivity (Wildman–Crippen MR) is 60.2 cm³/mol. The highest BCUT2D eigenvalue weighted by atomic mass is 16.5. The molecule has 0 heterocycles. The molecule has 0 unspecified atom stereocenters. The molecule has 0 amide bonds. The monoisotopic (exact) mass is 207 g/mol. The van der Waals surface area contributed by atoms with Crippen molar-refractivity contribution in [2.75, 3.05) is 20.2 Å². The molecule has 0 bridgehead atoms. The fourth-order valence-electron chi connectivity index (χ4n) is 1.33. The average molecular weight is 207 g/mol. The van der Waals surface area contributed by atoms with Crippen molar-refractivity contribution in [2.24, 2.45) is 0 Å². The quantitative estimate of drug-likeness (QED) is 0.717. The summed E-state index contributed by atoms with van der Waals surface area (Å²) in [6, 6.07) is 7.96. The first-order valence-corrected chi connectivity index (χ1v) is 5.05. The molecule has 0 saturated heterocycles. The van der Waals surface area contributed by atoms with Crippen molar-refractivity contribution < 1.29 is 9.53 Å². The van der Waals surface area contributed by atoms with Gasteiger partial charge in [-0.3, -0.25) is 4.79 Å². The summed E-state index contributed by atoms with van der Waals surface area (Å²) < 4.78 is 5.12. The number of ether oxygens (including phenoxy) is 1. The molecule has 15 heavy (non-hydrogen) atoms. The first-order valence-electron chi connectivity index (χ1n) is 5.05. The van der Waals surface area contributed by atoms with E-state index in [1.807, 2.05) is 18.2 Å². The maximum Gasteiger partial charge on any atom is 0.143 e. The molecular weight excluding hydrogens is 190 g/mol. The van der Waals surface area contributed by atoms with Gasteiger partial charge in [0.2, 0.25) is 0 Å². The normalized spacial score (nSPS) is 10.0. The number of hydrogen-bond donors (Lipinski definition) is 1. The predicted octanol–water partition coefficient (Wildman–Crippen LogP) is 1.42. The topological polar surface area (TPSA) is 38.3 Å². The average Bonchev–Trinajstić information content (AvgIpc) is 2.24. The zero-order valence-electron chi connectivity index (χ0n) is 9.25. The molecule has 0 aliphatic heterocycles. The Labute approximate surface area is 90.4 Å². The molecule has 82 valence electrons. The second kappa shape index (κ2) is 6.19. The first-order chi connectivity index (χ1) is 7.22. The van der Waals surface area contributed by atoms with Crippen LogP contribution in [0, 0.1) is 0 Å². The number of benzene rings is 1. The maximum atomic E-state index is 10.7. The van der Waals surface area contributed by atoms with Crippen LogP contribution in [0.25, 0.3) is 0 Å². The summed E-state index contributed by atoms with van der Waals surface area (Å²) in [5, 5.41) is 3.08. The Hall–Kier alpha value is -1.35. The Bertz CT molecular complexity index is 323. The molecule has 3 heteroatoms.